The second kappa shape index (κ2) is 8.81. The number of ether oxygens (including phenoxy) is 1. The fourth-order valence-corrected chi connectivity index (χ4v) is 6.62. The predicted octanol–water partition coefficient (Wildman–Crippen LogP) is 4.69. The number of amides is 2. The number of rotatable bonds is 3. The Labute approximate surface area is 224 Å². The summed E-state index contributed by atoms with van der Waals surface area (Å²) in [7, 11) is 1.44. The molecule has 4 atom stereocenters. The summed E-state index contributed by atoms with van der Waals surface area (Å²) in [6.07, 6.45) is 3.73. The van der Waals surface area contributed by atoms with E-state index in [2.05, 4.69) is 0 Å². The van der Waals surface area contributed by atoms with Crippen LogP contribution in [0.1, 0.15) is 31.2 Å². The molecule has 4 aliphatic rings. The Bertz CT molecular complexity index is 1530. The average Bonchev–Trinajstić information content (AvgIpc) is 3.16. The van der Waals surface area contributed by atoms with Gasteiger partial charge in [0.05, 0.1) is 24.6 Å². The number of hydrogen-bond acceptors (Lipinski definition) is 6. The van der Waals surface area contributed by atoms with Crippen molar-refractivity contribution >= 4 is 40.7 Å². The Morgan fingerprint density at radius 3 is 2.45 bits per heavy atom. The molecule has 8 heteroatoms. The molecule has 2 amide bonds. The van der Waals surface area contributed by atoms with E-state index in [0.717, 1.165) is 5.57 Å². The molecule has 0 saturated carbocycles. The van der Waals surface area contributed by atoms with Crippen LogP contribution in [0.5, 0.6) is 11.5 Å². The Hall–Kier alpha value is -3.97. The minimum atomic E-state index is -0.743. The van der Waals surface area contributed by atoms with Crippen molar-refractivity contribution in [3.63, 3.8) is 0 Å². The lowest BCUT2D eigenvalue weighted by molar-refractivity contribution is -0.123. The first-order chi connectivity index (χ1) is 18.2. The molecule has 1 aliphatic heterocycles. The number of phenolic OH excluding ortho intramolecular Hbond substituents is 1. The van der Waals surface area contributed by atoms with E-state index >= 15 is 0 Å². The largest absolute Gasteiger partial charge is 0.504 e. The molecule has 38 heavy (non-hydrogen) atoms. The van der Waals surface area contributed by atoms with E-state index in [0.29, 0.717) is 39.4 Å². The molecule has 1 saturated heterocycles. The third kappa shape index (κ3) is 3.42. The predicted molar refractivity (Wildman–Crippen MR) is 140 cm³/mol. The van der Waals surface area contributed by atoms with E-state index in [4.69, 9.17) is 16.3 Å². The van der Waals surface area contributed by atoms with Crippen LogP contribution in [-0.4, -0.2) is 35.6 Å². The van der Waals surface area contributed by atoms with Crippen molar-refractivity contribution in [2.75, 3.05) is 12.0 Å². The number of para-hydroxylation sites is 1. The number of anilines is 1. The van der Waals surface area contributed by atoms with Crippen LogP contribution < -0.4 is 9.64 Å². The van der Waals surface area contributed by atoms with Crippen LogP contribution in [0.25, 0.3) is 0 Å². The number of carbonyl (C=O) groups is 4. The second-order valence-corrected chi connectivity index (χ2v) is 10.6. The highest BCUT2D eigenvalue weighted by molar-refractivity contribution is 6.31. The summed E-state index contributed by atoms with van der Waals surface area (Å²) >= 11 is 6.02. The molecule has 7 nitrogen and oxygen atoms in total. The van der Waals surface area contributed by atoms with E-state index < -0.39 is 23.7 Å². The molecule has 3 aliphatic carbocycles. The number of ketones is 2. The molecule has 2 aromatic carbocycles. The normalized spacial score (nSPS) is 26.6. The molecule has 4 unspecified atom stereocenters. The van der Waals surface area contributed by atoms with Crippen LogP contribution >= 0.6 is 11.6 Å². The number of phenols is 1. The van der Waals surface area contributed by atoms with Gasteiger partial charge in [-0.1, -0.05) is 35.4 Å². The number of fused-ring (bicyclic) bond motifs is 3. The molecule has 0 bridgehead atoms. The van der Waals surface area contributed by atoms with Crippen molar-refractivity contribution < 1.29 is 29.0 Å². The summed E-state index contributed by atoms with van der Waals surface area (Å²) in [4.78, 5) is 55.3. The highest BCUT2D eigenvalue weighted by Crippen LogP contribution is 2.57. The molecule has 6 rings (SSSR count). The van der Waals surface area contributed by atoms with Gasteiger partial charge in [0.25, 0.3) is 0 Å². The van der Waals surface area contributed by atoms with Crippen molar-refractivity contribution in [2.24, 2.45) is 17.8 Å². The lowest BCUT2D eigenvalue weighted by Gasteiger charge is -2.42. The van der Waals surface area contributed by atoms with Crippen LogP contribution in [0.3, 0.4) is 0 Å². The monoisotopic (exact) mass is 529 g/mol. The standard InChI is InChI=1S/C30H24ClNO6/c1-14-12-22(33)21-13-20-17(24(26(21)27(14)34)18-4-3-5-23(38-2)28(18)35)10-11-19-25(20)30(37)32(29(19)36)16-8-6-15(31)7-9-16/h3-10,12,19-20,24-25,35H,11,13H2,1-2H3. The molecule has 1 heterocycles. The number of aromatic hydroxyl groups is 1. The third-order valence-corrected chi connectivity index (χ3v) is 8.46. The smallest absolute Gasteiger partial charge is 0.238 e. The van der Waals surface area contributed by atoms with E-state index in [1.165, 1.54) is 18.1 Å². The molecular weight excluding hydrogens is 506 g/mol. The Balaban J connectivity index is 1.51. The van der Waals surface area contributed by atoms with Crippen molar-refractivity contribution in [2.45, 2.75) is 25.7 Å². The van der Waals surface area contributed by atoms with Gasteiger partial charge in [-0.2, -0.15) is 0 Å². The number of imide groups is 1. The van der Waals surface area contributed by atoms with Crippen LogP contribution in [0.2, 0.25) is 5.02 Å². The molecule has 0 spiro atoms. The zero-order valence-corrected chi connectivity index (χ0v) is 21.5. The van der Waals surface area contributed by atoms with Gasteiger partial charge in [-0.05, 0) is 62.1 Å². The summed E-state index contributed by atoms with van der Waals surface area (Å²) in [5.41, 5.74) is 2.62. The zero-order chi connectivity index (χ0) is 26.9. The van der Waals surface area contributed by atoms with Crippen molar-refractivity contribution in [1.29, 1.82) is 0 Å². The van der Waals surface area contributed by atoms with Gasteiger partial charge >= 0.3 is 0 Å². The molecule has 1 N–H and O–H groups in total. The Kier molecular flexibility index (Phi) is 5.65. The van der Waals surface area contributed by atoms with Crippen LogP contribution in [0.15, 0.2) is 76.9 Å². The minimum absolute atomic E-state index is 0.125. The number of benzene rings is 2. The maximum atomic E-state index is 13.9. The summed E-state index contributed by atoms with van der Waals surface area (Å²) in [6, 6.07) is 11.6. The quantitative estimate of drug-likeness (QED) is 0.352. The Morgan fingerprint density at radius 2 is 1.74 bits per heavy atom. The van der Waals surface area contributed by atoms with Gasteiger partial charge in [0, 0.05) is 33.2 Å². The molecule has 2 aromatic rings. The second-order valence-electron chi connectivity index (χ2n) is 10.1. The Morgan fingerprint density at radius 1 is 1.00 bits per heavy atom. The molecule has 192 valence electrons. The van der Waals surface area contributed by atoms with Gasteiger partial charge < -0.3 is 9.84 Å². The van der Waals surface area contributed by atoms with E-state index in [1.807, 2.05) is 6.08 Å². The summed E-state index contributed by atoms with van der Waals surface area (Å²) in [5.74, 6) is -3.56. The minimum Gasteiger partial charge on any atom is -0.504 e. The number of carbonyl (C=O) groups excluding carboxylic acids is 4. The lowest BCUT2D eigenvalue weighted by atomic mass is 9.59. The van der Waals surface area contributed by atoms with Gasteiger partial charge in [-0.25, -0.2) is 0 Å². The fourth-order valence-electron chi connectivity index (χ4n) is 6.50. The molecule has 0 radical (unpaired) electrons. The average molecular weight is 530 g/mol. The molecule has 0 aromatic heterocycles. The van der Waals surface area contributed by atoms with Gasteiger partial charge in [0.1, 0.15) is 0 Å². The fraction of sp³-hybridized carbons (Fsp3) is 0.267. The number of hydrogen-bond donors (Lipinski definition) is 1. The summed E-state index contributed by atoms with van der Waals surface area (Å²) in [5, 5.41) is 11.6. The molecular formula is C30H24ClNO6. The van der Waals surface area contributed by atoms with Gasteiger partial charge in [0.15, 0.2) is 23.1 Å². The number of Topliss-reactive ketones (excluding diaryl/α,β-unsaturated/α-hetero) is 1. The highest BCUT2D eigenvalue weighted by Gasteiger charge is 2.56. The number of halogens is 1. The maximum Gasteiger partial charge on any atom is 0.238 e. The zero-order valence-electron chi connectivity index (χ0n) is 20.7. The van der Waals surface area contributed by atoms with Crippen molar-refractivity contribution in [3.05, 3.63) is 87.5 Å². The summed E-state index contributed by atoms with van der Waals surface area (Å²) < 4.78 is 5.33. The van der Waals surface area contributed by atoms with E-state index in [9.17, 15) is 24.3 Å². The number of nitrogens with zero attached hydrogens (tertiary/aromatic N) is 1. The number of allylic oxidation sites excluding steroid dienone is 6. The van der Waals surface area contributed by atoms with Gasteiger partial charge in [-0.3, -0.25) is 24.1 Å². The first-order valence-corrected chi connectivity index (χ1v) is 12.8. The highest BCUT2D eigenvalue weighted by atomic mass is 35.5. The third-order valence-electron chi connectivity index (χ3n) is 8.21. The van der Waals surface area contributed by atoms with Gasteiger partial charge in [-0.15, -0.1) is 0 Å². The van der Waals surface area contributed by atoms with E-state index in [-0.39, 0.29) is 41.3 Å². The van der Waals surface area contributed by atoms with Crippen LogP contribution in [-0.2, 0) is 19.2 Å². The lowest BCUT2D eigenvalue weighted by Crippen LogP contribution is -2.39. The molecule has 1 fully saturated rings. The van der Waals surface area contributed by atoms with E-state index in [1.54, 1.807) is 49.4 Å². The summed E-state index contributed by atoms with van der Waals surface area (Å²) in [6.45, 7) is 1.60. The number of methoxy groups -OCH3 is 1. The SMILES string of the molecule is COc1cccc(C2C3=CCC4C(=O)N(c5ccc(Cl)cc5)C(=O)C4C3CC3=C2C(=O)C(C)=CC3=O)c1O. The topological polar surface area (TPSA) is 101 Å². The van der Waals surface area contributed by atoms with Crippen LogP contribution in [0, 0.1) is 17.8 Å². The van der Waals surface area contributed by atoms with Crippen LogP contribution in [0.4, 0.5) is 5.69 Å². The van der Waals surface area contributed by atoms with Crippen molar-refractivity contribution in [3.8, 4) is 11.5 Å². The van der Waals surface area contributed by atoms with Crippen molar-refractivity contribution in [1.82, 2.24) is 0 Å². The first-order valence-electron chi connectivity index (χ1n) is 12.4. The maximum absolute atomic E-state index is 13.9. The first kappa shape index (κ1) is 24.4. The van der Waals surface area contributed by atoms with Gasteiger partial charge in [0.2, 0.25) is 11.8 Å².